The Bertz CT molecular complexity index is 754. The van der Waals surface area contributed by atoms with E-state index >= 15 is 0 Å². The van der Waals surface area contributed by atoms with E-state index in [9.17, 15) is 0 Å². The average molecular weight is 395 g/mol. The number of hydrogen-bond acceptors (Lipinski definition) is 1. The summed E-state index contributed by atoms with van der Waals surface area (Å²) in [5.41, 5.74) is 3.52. The van der Waals surface area contributed by atoms with Crippen molar-refractivity contribution in [2.24, 2.45) is 5.92 Å². The maximum Gasteiger partial charge on any atom is 0.0655 e. The number of halogens is 3. The highest BCUT2D eigenvalue weighted by molar-refractivity contribution is 9.10. The summed E-state index contributed by atoms with van der Waals surface area (Å²) < 4.78 is 1.10. The zero-order valence-corrected chi connectivity index (χ0v) is 14.8. The second-order valence-corrected chi connectivity index (χ2v) is 7.64. The van der Waals surface area contributed by atoms with Crippen molar-refractivity contribution in [1.82, 2.24) is 0 Å². The van der Waals surface area contributed by atoms with Crippen LogP contribution in [-0.4, -0.2) is 0 Å². The molecule has 22 heavy (non-hydrogen) atoms. The molecule has 0 radical (unpaired) electrons. The van der Waals surface area contributed by atoms with Gasteiger partial charge in [-0.15, -0.1) is 0 Å². The maximum absolute atomic E-state index is 6.44. The topological polar surface area (TPSA) is 12.0 Å². The largest absolute Gasteiger partial charge is 0.376 e. The zero-order valence-electron chi connectivity index (χ0n) is 11.7. The molecule has 3 atom stereocenters. The molecule has 0 amide bonds. The Morgan fingerprint density at radius 3 is 2.64 bits per heavy atom. The molecule has 0 aromatic heterocycles. The van der Waals surface area contributed by atoms with Gasteiger partial charge in [-0.2, -0.15) is 0 Å². The second kappa shape index (κ2) is 5.59. The van der Waals surface area contributed by atoms with Crippen LogP contribution in [0, 0.1) is 5.92 Å². The van der Waals surface area contributed by atoms with Gasteiger partial charge >= 0.3 is 0 Å². The number of anilines is 1. The minimum absolute atomic E-state index is 0.263. The van der Waals surface area contributed by atoms with E-state index in [2.05, 4.69) is 57.7 Å². The highest BCUT2D eigenvalue weighted by Gasteiger charge is 2.38. The number of allylic oxidation sites excluding steroid dienone is 2. The quantitative estimate of drug-likeness (QED) is 0.538. The van der Waals surface area contributed by atoms with Gasteiger partial charge in [0, 0.05) is 15.4 Å². The lowest BCUT2D eigenvalue weighted by Crippen LogP contribution is -2.29. The normalized spacial score (nSPS) is 25.5. The molecular formula is C18H14BrCl2N. The lowest BCUT2D eigenvalue weighted by molar-refractivity contribution is 0.425. The van der Waals surface area contributed by atoms with E-state index in [1.807, 2.05) is 12.1 Å². The van der Waals surface area contributed by atoms with Gasteiger partial charge in [0.1, 0.15) is 0 Å². The maximum atomic E-state index is 6.44. The van der Waals surface area contributed by atoms with Gasteiger partial charge in [-0.05, 0) is 47.7 Å². The fourth-order valence-electron chi connectivity index (χ4n) is 3.62. The predicted molar refractivity (Wildman–Crippen MR) is 97.0 cm³/mol. The zero-order chi connectivity index (χ0) is 15.3. The van der Waals surface area contributed by atoms with Crippen LogP contribution in [0.4, 0.5) is 5.69 Å². The molecule has 0 unspecified atom stereocenters. The summed E-state index contributed by atoms with van der Waals surface area (Å²) >= 11 is 16.1. The summed E-state index contributed by atoms with van der Waals surface area (Å²) in [6, 6.07) is 12.6. The van der Waals surface area contributed by atoms with E-state index in [4.69, 9.17) is 23.2 Å². The van der Waals surface area contributed by atoms with Crippen molar-refractivity contribution in [1.29, 1.82) is 0 Å². The monoisotopic (exact) mass is 393 g/mol. The molecule has 1 nitrogen and oxygen atoms in total. The van der Waals surface area contributed by atoms with Gasteiger partial charge < -0.3 is 5.32 Å². The summed E-state index contributed by atoms with van der Waals surface area (Å²) in [4.78, 5) is 0. The van der Waals surface area contributed by atoms with Crippen molar-refractivity contribution in [2.75, 3.05) is 5.32 Å². The molecule has 0 fully saturated rings. The molecule has 0 bridgehead atoms. The Kier molecular flexibility index (Phi) is 3.72. The number of fused-ring (bicyclic) bond motifs is 3. The highest BCUT2D eigenvalue weighted by Crippen LogP contribution is 2.52. The molecule has 2 aromatic carbocycles. The third-order valence-corrected chi connectivity index (χ3v) is 5.66. The van der Waals surface area contributed by atoms with E-state index < -0.39 is 0 Å². The first-order chi connectivity index (χ1) is 10.6. The Morgan fingerprint density at radius 1 is 1.09 bits per heavy atom. The third kappa shape index (κ3) is 2.38. The molecule has 4 rings (SSSR count). The van der Waals surface area contributed by atoms with Crippen LogP contribution in [0.5, 0.6) is 0 Å². The van der Waals surface area contributed by atoms with Gasteiger partial charge in [0.25, 0.3) is 0 Å². The average Bonchev–Trinajstić information content (AvgIpc) is 2.97. The van der Waals surface area contributed by atoms with E-state index in [-0.39, 0.29) is 6.04 Å². The van der Waals surface area contributed by atoms with Crippen LogP contribution in [0.15, 0.2) is 53.0 Å². The first-order valence-electron chi connectivity index (χ1n) is 7.31. The molecule has 4 heteroatoms. The number of nitrogens with one attached hydrogen (secondary N) is 1. The number of hydrogen-bond donors (Lipinski definition) is 1. The lowest BCUT2D eigenvalue weighted by Gasteiger charge is -2.38. The first-order valence-corrected chi connectivity index (χ1v) is 8.86. The molecular weight excluding hydrogens is 381 g/mol. The van der Waals surface area contributed by atoms with Crippen LogP contribution in [0.25, 0.3) is 0 Å². The van der Waals surface area contributed by atoms with Gasteiger partial charge in [0.05, 0.1) is 16.8 Å². The molecule has 1 heterocycles. The number of rotatable bonds is 1. The smallest absolute Gasteiger partial charge is 0.0655 e. The van der Waals surface area contributed by atoms with E-state index in [0.29, 0.717) is 21.9 Å². The molecule has 112 valence electrons. The van der Waals surface area contributed by atoms with Crippen molar-refractivity contribution in [3.05, 3.63) is 74.2 Å². The van der Waals surface area contributed by atoms with Crippen molar-refractivity contribution in [2.45, 2.75) is 18.4 Å². The van der Waals surface area contributed by atoms with Gasteiger partial charge in [-0.3, -0.25) is 0 Å². The van der Waals surface area contributed by atoms with Crippen molar-refractivity contribution < 1.29 is 0 Å². The molecule has 2 aromatic rings. The third-order valence-electron chi connectivity index (χ3n) is 4.61. The predicted octanol–water partition coefficient (Wildman–Crippen LogP) is 6.58. The van der Waals surface area contributed by atoms with Gasteiger partial charge in [0.15, 0.2) is 0 Å². The molecule has 0 saturated heterocycles. The highest BCUT2D eigenvalue weighted by atomic mass is 79.9. The van der Waals surface area contributed by atoms with Crippen molar-refractivity contribution in [3.8, 4) is 0 Å². The first kappa shape index (κ1) is 14.6. The van der Waals surface area contributed by atoms with Gasteiger partial charge in [-0.1, -0.05) is 63.4 Å². The fourth-order valence-corrected chi connectivity index (χ4v) is 4.45. The van der Waals surface area contributed by atoms with Crippen LogP contribution in [0.3, 0.4) is 0 Å². The van der Waals surface area contributed by atoms with Gasteiger partial charge in [-0.25, -0.2) is 0 Å². The Morgan fingerprint density at radius 2 is 1.86 bits per heavy atom. The van der Waals surface area contributed by atoms with E-state index in [0.717, 1.165) is 16.6 Å². The summed E-state index contributed by atoms with van der Waals surface area (Å²) in [5, 5.41) is 5.05. The summed E-state index contributed by atoms with van der Waals surface area (Å²) in [6.07, 6.45) is 5.64. The van der Waals surface area contributed by atoms with Crippen molar-refractivity contribution in [3.63, 3.8) is 0 Å². The van der Waals surface area contributed by atoms with Crippen LogP contribution < -0.4 is 5.32 Å². The fraction of sp³-hybridized carbons (Fsp3) is 0.222. The second-order valence-electron chi connectivity index (χ2n) is 5.88. The van der Waals surface area contributed by atoms with Gasteiger partial charge in [0.2, 0.25) is 0 Å². The van der Waals surface area contributed by atoms with Crippen LogP contribution in [0.2, 0.25) is 10.0 Å². The lowest BCUT2D eigenvalue weighted by atomic mass is 9.77. The van der Waals surface area contributed by atoms with Crippen LogP contribution >= 0.6 is 39.1 Å². The minimum Gasteiger partial charge on any atom is -0.376 e. The molecule has 1 N–H and O–H groups in total. The van der Waals surface area contributed by atoms with Crippen molar-refractivity contribution >= 4 is 44.8 Å². The van der Waals surface area contributed by atoms with E-state index in [1.54, 1.807) is 0 Å². The summed E-state index contributed by atoms with van der Waals surface area (Å²) in [7, 11) is 0. The van der Waals surface area contributed by atoms with E-state index in [1.165, 1.54) is 11.1 Å². The molecule has 2 aliphatic rings. The summed E-state index contributed by atoms with van der Waals surface area (Å²) in [5.74, 6) is 0.879. The Labute approximate surface area is 148 Å². The Balaban J connectivity index is 1.82. The standard InChI is InChI=1S/C18H14BrCl2N/c19-11-6-4-10(5-7-11)17-14-3-1-2-13(14)15-8-12(20)9-16(21)18(15)22-17/h1-2,4-9,13-14,17,22H,3H2/t13-,14-,17-/m0/s1. The molecule has 1 aliphatic heterocycles. The SMILES string of the molecule is Clc1cc(Cl)c2c(c1)[C@H]1C=CC[C@@H]1[C@H](c1ccc(Br)cc1)N2. The van der Waals surface area contributed by atoms with Crippen LogP contribution in [-0.2, 0) is 0 Å². The molecule has 0 saturated carbocycles. The number of benzene rings is 2. The summed E-state index contributed by atoms with van der Waals surface area (Å²) in [6.45, 7) is 0. The molecule has 1 aliphatic carbocycles. The Hall–Kier alpha value is -0.960. The molecule has 0 spiro atoms. The van der Waals surface area contributed by atoms with Crippen LogP contribution in [0.1, 0.15) is 29.5 Å². The minimum atomic E-state index is 0.263.